The first-order valence-corrected chi connectivity index (χ1v) is 8.43. The summed E-state index contributed by atoms with van der Waals surface area (Å²) < 4.78 is 1.91. The van der Waals surface area contributed by atoms with Crippen LogP contribution in [0.5, 0.6) is 0 Å². The molecular formula is C18H25N3O2. The second-order valence-corrected chi connectivity index (χ2v) is 6.86. The predicted octanol–water partition coefficient (Wildman–Crippen LogP) is 4.54. The third-order valence-corrected chi connectivity index (χ3v) is 5.43. The fourth-order valence-corrected chi connectivity index (χ4v) is 4.08. The van der Waals surface area contributed by atoms with Gasteiger partial charge in [-0.15, -0.1) is 0 Å². The lowest BCUT2D eigenvalue weighted by Crippen LogP contribution is -2.43. The van der Waals surface area contributed by atoms with Crippen molar-refractivity contribution in [2.45, 2.75) is 57.9 Å². The summed E-state index contributed by atoms with van der Waals surface area (Å²) in [6, 6.07) is 1.74. The molecule has 2 aliphatic carbocycles. The topological polar surface area (TPSA) is 67.2 Å². The van der Waals surface area contributed by atoms with Crippen LogP contribution in [0.25, 0.3) is 0 Å². The van der Waals surface area contributed by atoms with Crippen molar-refractivity contribution in [2.75, 3.05) is 5.32 Å². The lowest BCUT2D eigenvalue weighted by atomic mass is 9.69. The van der Waals surface area contributed by atoms with E-state index in [2.05, 4.69) is 36.4 Å². The van der Waals surface area contributed by atoms with Crippen LogP contribution in [0, 0.1) is 5.92 Å². The minimum Gasteiger partial charge on any atom is -0.465 e. The van der Waals surface area contributed by atoms with Crippen LogP contribution < -0.4 is 5.32 Å². The summed E-state index contributed by atoms with van der Waals surface area (Å²) in [4.78, 5) is 11.1. The van der Waals surface area contributed by atoms with Gasteiger partial charge in [-0.05, 0) is 39.0 Å². The Hall–Kier alpha value is -2.04. The summed E-state index contributed by atoms with van der Waals surface area (Å²) in [7, 11) is 0. The largest absolute Gasteiger partial charge is 0.465 e. The van der Waals surface area contributed by atoms with Gasteiger partial charge in [-0.3, -0.25) is 5.32 Å². The molecule has 0 bridgehead atoms. The second-order valence-electron chi connectivity index (χ2n) is 6.86. The number of nitrogens with zero attached hydrogens (tertiary/aromatic N) is 2. The van der Waals surface area contributed by atoms with E-state index in [-0.39, 0.29) is 5.54 Å². The zero-order chi connectivity index (χ0) is 16.4. The van der Waals surface area contributed by atoms with E-state index in [0.717, 1.165) is 6.42 Å². The zero-order valence-electron chi connectivity index (χ0n) is 13.9. The van der Waals surface area contributed by atoms with E-state index in [1.165, 1.54) is 43.3 Å². The highest BCUT2D eigenvalue weighted by atomic mass is 16.4. The molecule has 3 rings (SSSR count). The van der Waals surface area contributed by atoms with Crippen LogP contribution in [0.1, 0.15) is 52.4 Å². The monoisotopic (exact) mass is 315 g/mol. The maximum absolute atomic E-state index is 11.1. The number of carboxylic acid groups (broad SMARTS) is 1. The highest BCUT2D eigenvalue weighted by molar-refractivity contribution is 5.81. The normalized spacial score (nSPS) is 25.7. The molecule has 0 aliphatic heterocycles. The van der Waals surface area contributed by atoms with Gasteiger partial charge in [0.15, 0.2) is 0 Å². The number of amides is 1. The van der Waals surface area contributed by atoms with Crippen molar-refractivity contribution >= 4 is 11.9 Å². The van der Waals surface area contributed by atoms with E-state index in [1.54, 1.807) is 12.3 Å². The van der Waals surface area contributed by atoms with Crippen molar-refractivity contribution < 1.29 is 9.90 Å². The Balaban J connectivity index is 2.05. The highest BCUT2D eigenvalue weighted by Crippen LogP contribution is 2.46. The first kappa shape index (κ1) is 15.8. The van der Waals surface area contributed by atoms with Crippen LogP contribution in [0.3, 0.4) is 0 Å². The molecule has 0 spiro atoms. The van der Waals surface area contributed by atoms with Gasteiger partial charge in [-0.2, -0.15) is 5.10 Å². The molecule has 2 N–H and O–H groups in total. The van der Waals surface area contributed by atoms with Crippen LogP contribution in [0.15, 0.2) is 35.6 Å². The average Bonchev–Trinajstić information content (AvgIpc) is 2.99. The van der Waals surface area contributed by atoms with Gasteiger partial charge in [-0.25, -0.2) is 9.48 Å². The van der Waals surface area contributed by atoms with Crippen molar-refractivity contribution in [1.82, 2.24) is 9.78 Å². The van der Waals surface area contributed by atoms with Crippen molar-refractivity contribution in [2.24, 2.45) is 5.92 Å². The number of carbonyl (C=O) groups is 1. The maximum atomic E-state index is 11.1. The van der Waals surface area contributed by atoms with Crippen molar-refractivity contribution in [1.29, 1.82) is 0 Å². The summed E-state index contributed by atoms with van der Waals surface area (Å²) in [5, 5.41) is 16.1. The summed E-state index contributed by atoms with van der Waals surface area (Å²) in [6.45, 7) is 4.31. The lowest BCUT2D eigenvalue weighted by Gasteiger charge is -2.43. The molecular weight excluding hydrogens is 290 g/mol. The number of nitrogens with one attached hydrogen (secondary N) is 1. The van der Waals surface area contributed by atoms with E-state index in [9.17, 15) is 4.79 Å². The molecule has 0 radical (unpaired) electrons. The SMILES string of the molecule is CC1=C(C)CC(C2CCCCC2)(n2nccc2NC(=O)O)C=C1. The first-order valence-electron chi connectivity index (χ1n) is 8.43. The molecule has 1 saturated carbocycles. The third kappa shape index (κ3) is 2.92. The minimum absolute atomic E-state index is 0.259. The Morgan fingerprint density at radius 2 is 2.09 bits per heavy atom. The summed E-state index contributed by atoms with van der Waals surface area (Å²) in [5.41, 5.74) is 2.40. The molecule has 5 nitrogen and oxygen atoms in total. The molecule has 23 heavy (non-hydrogen) atoms. The Bertz CT molecular complexity index is 653. The first-order chi connectivity index (χ1) is 11.0. The van der Waals surface area contributed by atoms with Crippen LogP contribution in [0.4, 0.5) is 10.6 Å². The number of hydrogen-bond donors (Lipinski definition) is 2. The molecule has 124 valence electrons. The fourth-order valence-electron chi connectivity index (χ4n) is 4.08. The molecule has 5 heteroatoms. The van der Waals surface area contributed by atoms with Gasteiger partial charge >= 0.3 is 6.09 Å². The van der Waals surface area contributed by atoms with Crippen molar-refractivity contribution in [3.05, 3.63) is 35.6 Å². The van der Waals surface area contributed by atoms with E-state index in [4.69, 9.17) is 5.11 Å². The smallest absolute Gasteiger partial charge is 0.410 e. The number of hydrogen-bond acceptors (Lipinski definition) is 2. The van der Waals surface area contributed by atoms with Gasteiger partial charge in [0, 0.05) is 6.07 Å². The molecule has 1 heterocycles. The minimum atomic E-state index is -1.05. The maximum Gasteiger partial charge on any atom is 0.410 e. The van der Waals surface area contributed by atoms with E-state index in [1.807, 2.05) is 4.68 Å². The highest BCUT2D eigenvalue weighted by Gasteiger charge is 2.42. The summed E-state index contributed by atoms with van der Waals surface area (Å²) in [6.07, 6.45) is 12.1. The molecule has 1 amide bonds. The number of aromatic nitrogens is 2. The van der Waals surface area contributed by atoms with Crippen molar-refractivity contribution in [3.8, 4) is 0 Å². The molecule has 1 atom stereocenters. The Morgan fingerprint density at radius 1 is 1.35 bits per heavy atom. The molecule has 1 fully saturated rings. The second kappa shape index (κ2) is 6.22. The van der Waals surface area contributed by atoms with Gasteiger partial charge in [0.2, 0.25) is 0 Å². The summed E-state index contributed by atoms with van der Waals surface area (Å²) >= 11 is 0. The van der Waals surface area contributed by atoms with Crippen LogP contribution in [-0.4, -0.2) is 21.0 Å². The van der Waals surface area contributed by atoms with Crippen LogP contribution >= 0.6 is 0 Å². The molecule has 1 unspecified atom stereocenters. The molecule has 0 saturated heterocycles. The zero-order valence-corrected chi connectivity index (χ0v) is 13.9. The fraction of sp³-hybridized carbons (Fsp3) is 0.556. The quantitative estimate of drug-likeness (QED) is 0.860. The van der Waals surface area contributed by atoms with Crippen LogP contribution in [-0.2, 0) is 5.54 Å². The number of anilines is 1. The molecule has 2 aliphatic rings. The molecule has 1 aromatic rings. The Labute approximate surface area is 137 Å². The van der Waals surface area contributed by atoms with Crippen LogP contribution in [0.2, 0.25) is 0 Å². The van der Waals surface area contributed by atoms with E-state index >= 15 is 0 Å². The van der Waals surface area contributed by atoms with E-state index < -0.39 is 6.09 Å². The average molecular weight is 315 g/mol. The molecule has 0 aromatic carbocycles. The Morgan fingerprint density at radius 3 is 2.74 bits per heavy atom. The standard InChI is InChI=1S/C18H25N3O2/c1-13-8-10-18(12-14(13)2,15-6-4-3-5-7-15)21-16(9-11-19-21)20-17(22)23/h8-11,15,20H,3-7,12H2,1-2H3,(H,22,23). The number of allylic oxidation sites excluding steroid dienone is 4. The Kier molecular flexibility index (Phi) is 4.28. The van der Waals surface area contributed by atoms with E-state index in [0.29, 0.717) is 11.7 Å². The number of rotatable bonds is 3. The lowest BCUT2D eigenvalue weighted by molar-refractivity contribution is 0.157. The van der Waals surface area contributed by atoms with Gasteiger partial charge in [-0.1, -0.05) is 42.6 Å². The van der Waals surface area contributed by atoms with Gasteiger partial charge in [0.05, 0.1) is 11.7 Å². The third-order valence-electron chi connectivity index (χ3n) is 5.43. The van der Waals surface area contributed by atoms with Gasteiger partial charge < -0.3 is 5.11 Å². The summed E-state index contributed by atoms with van der Waals surface area (Å²) in [5.74, 6) is 1.05. The van der Waals surface area contributed by atoms with Crippen molar-refractivity contribution in [3.63, 3.8) is 0 Å². The predicted molar refractivity (Wildman–Crippen MR) is 90.6 cm³/mol. The van der Waals surface area contributed by atoms with Gasteiger partial charge in [0.1, 0.15) is 5.82 Å². The molecule has 1 aromatic heterocycles. The van der Waals surface area contributed by atoms with Gasteiger partial charge in [0.25, 0.3) is 0 Å².